The maximum atomic E-state index is 12.5. The number of hydrogen-bond donors (Lipinski definition) is 0. The van der Waals surface area contributed by atoms with E-state index < -0.39 is 0 Å². The van der Waals surface area contributed by atoms with Crippen molar-refractivity contribution in [3.8, 4) is 0 Å². The highest BCUT2D eigenvalue weighted by molar-refractivity contribution is 5.70. The first kappa shape index (κ1) is 51.9. The maximum absolute atomic E-state index is 12.5. The summed E-state index contributed by atoms with van der Waals surface area (Å²) in [4.78, 5) is 27.8. The lowest BCUT2D eigenvalue weighted by atomic mass is 9.91. The van der Waals surface area contributed by atoms with Crippen LogP contribution in [0.5, 0.6) is 0 Å². The number of esters is 2. The first-order chi connectivity index (χ1) is 27.0. The van der Waals surface area contributed by atoms with Gasteiger partial charge in [0.05, 0.1) is 13.2 Å². The van der Waals surface area contributed by atoms with Crippen molar-refractivity contribution in [3.63, 3.8) is 0 Å². The lowest BCUT2D eigenvalue weighted by Gasteiger charge is -2.28. The highest BCUT2D eigenvalue weighted by atomic mass is 16.5. The van der Waals surface area contributed by atoms with Gasteiger partial charge in [0.25, 0.3) is 0 Å². The van der Waals surface area contributed by atoms with Crippen LogP contribution >= 0.6 is 0 Å². The number of carbonyl (C=O) groups excluding carboxylic acids is 2. The molecule has 0 unspecified atom stereocenters. The topological polar surface area (TPSA) is 55.8 Å². The smallest absolute Gasteiger partial charge is 0.306 e. The Morgan fingerprint density at radius 3 is 1.11 bits per heavy atom. The Kier molecular flexibility index (Phi) is 37.5. The van der Waals surface area contributed by atoms with Gasteiger partial charge in [-0.1, -0.05) is 188 Å². The van der Waals surface area contributed by atoms with Crippen LogP contribution in [0.15, 0.2) is 0 Å². The molecule has 0 N–H and O–H groups in total. The van der Waals surface area contributed by atoms with Crippen LogP contribution in [0.1, 0.15) is 259 Å². The summed E-state index contributed by atoms with van der Waals surface area (Å²) < 4.78 is 11.4. The van der Waals surface area contributed by atoms with E-state index in [0.717, 1.165) is 18.8 Å². The average molecular weight is 776 g/mol. The van der Waals surface area contributed by atoms with Gasteiger partial charge in [-0.3, -0.25) is 9.59 Å². The van der Waals surface area contributed by atoms with Crippen molar-refractivity contribution in [2.45, 2.75) is 259 Å². The molecule has 0 radical (unpaired) electrons. The van der Waals surface area contributed by atoms with Gasteiger partial charge < -0.3 is 14.4 Å². The van der Waals surface area contributed by atoms with Gasteiger partial charge in [0, 0.05) is 12.8 Å². The van der Waals surface area contributed by atoms with Crippen molar-refractivity contribution in [2.75, 3.05) is 32.8 Å². The van der Waals surface area contributed by atoms with Crippen molar-refractivity contribution in [2.24, 2.45) is 17.8 Å². The summed E-state index contributed by atoms with van der Waals surface area (Å²) in [5, 5.41) is 0. The van der Waals surface area contributed by atoms with Gasteiger partial charge >= 0.3 is 11.9 Å². The van der Waals surface area contributed by atoms with Gasteiger partial charge in [0.15, 0.2) is 0 Å². The summed E-state index contributed by atoms with van der Waals surface area (Å²) in [7, 11) is 0. The van der Waals surface area contributed by atoms with E-state index in [1.54, 1.807) is 0 Å². The second kappa shape index (κ2) is 39.7. The van der Waals surface area contributed by atoms with Crippen LogP contribution < -0.4 is 0 Å². The SMILES string of the molecule is CCCCCC(CCCCC)CC(=O)OCCCCCCCCC(CCCCCCCCOC(=O)CC(CCCCC)CCCCC)CCN1CCCCC1. The third-order valence-electron chi connectivity index (χ3n) is 12.6. The number of piperidine rings is 1. The molecule has 0 spiro atoms. The van der Waals surface area contributed by atoms with Crippen LogP contribution in [-0.2, 0) is 19.1 Å². The fourth-order valence-corrected chi connectivity index (χ4v) is 8.86. The normalized spacial score (nSPS) is 13.7. The van der Waals surface area contributed by atoms with Gasteiger partial charge in [-0.05, 0) is 95.2 Å². The highest BCUT2D eigenvalue weighted by Gasteiger charge is 2.17. The lowest BCUT2D eigenvalue weighted by molar-refractivity contribution is -0.146. The fourth-order valence-electron chi connectivity index (χ4n) is 8.86. The Morgan fingerprint density at radius 2 is 0.727 bits per heavy atom. The second-order valence-electron chi connectivity index (χ2n) is 17.9. The van der Waals surface area contributed by atoms with Crippen molar-refractivity contribution in [1.82, 2.24) is 4.90 Å². The molecule has 0 bridgehead atoms. The molecule has 1 rings (SSSR count). The first-order valence-electron chi connectivity index (χ1n) is 25.1. The van der Waals surface area contributed by atoms with Gasteiger partial charge in [-0.15, -0.1) is 0 Å². The van der Waals surface area contributed by atoms with E-state index in [-0.39, 0.29) is 11.9 Å². The van der Waals surface area contributed by atoms with Crippen molar-refractivity contribution in [1.29, 1.82) is 0 Å². The zero-order valence-electron chi connectivity index (χ0n) is 37.8. The number of ether oxygens (including phenoxy) is 2. The Hall–Kier alpha value is -1.10. The molecule has 0 saturated carbocycles. The number of unbranched alkanes of at least 4 members (excludes halogenated alkanes) is 18. The van der Waals surface area contributed by atoms with Gasteiger partial charge in [0.2, 0.25) is 0 Å². The Morgan fingerprint density at radius 1 is 0.400 bits per heavy atom. The van der Waals surface area contributed by atoms with Gasteiger partial charge in [-0.25, -0.2) is 0 Å². The molecule has 0 amide bonds. The van der Waals surface area contributed by atoms with E-state index in [2.05, 4.69) is 32.6 Å². The van der Waals surface area contributed by atoms with Crippen molar-refractivity contribution < 1.29 is 19.1 Å². The molecule has 1 aliphatic rings. The number of rotatable bonds is 41. The van der Waals surface area contributed by atoms with Crippen molar-refractivity contribution >= 4 is 11.9 Å². The molecule has 0 aromatic rings. The zero-order valence-corrected chi connectivity index (χ0v) is 37.8. The molecular weight excluding hydrogens is 679 g/mol. The number of carbonyl (C=O) groups is 2. The molecule has 0 atom stereocenters. The van der Waals surface area contributed by atoms with E-state index in [0.29, 0.717) is 37.9 Å². The third kappa shape index (κ3) is 33.6. The fraction of sp³-hybridized carbons (Fsp3) is 0.960. The Balaban J connectivity index is 2.21. The highest BCUT2D eigenvalue weighted by Crippen LogP contribution is 2.25. The molecular formula is C50H97NO4. The van der Waals surface area contributed by atoms with Crippen LogP contribution in [0.3, 0.4) is 0 Å². The first-order valence-corrected chi connectivity index (χ1v) is 25.1. The molecule has 0 aliphatic carbocycles. The van der Waals surface area contributed by atoms with E-state index in [9.17, 15) is 9.59 Å². The molecule has 0 aromatic carbocycles. The van der Waals surface area contributed by atoms with Crippen LogP contribution in [-0.4, -0.2) is 49.7 Å². The average Bonchev–Trinajstić information content (AvgIpc) is 3.18. The quantitative estimate of drug-likeness (QED) is 0.0457. The number of nitrogens with zero attached hydrogens (tertiary/aromatic N) is 1. The van der Waals surface area contributed by atoms with Crippen LogP contribution in [0.4, 0.5) is 0 Å². The van der Waals surface area contributed by atoms with Crippen molar-refractivity contribution in [3.05, 3.63) is 0 Å². The summed E-state index contributed by atoms with van der Waals surface area (Å²) in [5.41, 5.74) is 0. The second-order valence-corrected chi connectivity index (χ2v) is 17.9. The summed E-state index contributed by atoms with van der Waals surface area (Å²) in [6.07, 6.45) is 44.5. The van der Waals surface area contributed by atoms with Crippen LogP contribution in [0.2, 0.25) is 0 Å². The summed E-state index contributed by atoms with van der Waals surface area (Å²) in [5.74, 6) is 2.00. The maximum Gasteiger partial charge on any atom is 0.306 e. The lowest BCUT2D eigenvalue weighted by Crippen LogP contribution is -2.31. The number of likely N-dealkylation sites (tertiary alicyclic amines) is 1. The summed E-state index contributed by atoms with van der Waals surface area (Å²) in [6.45, 7) is 14.2. The standard InChI is InChI=1S/C50H97NO4/c1-5-9-22-34-47(35-23-10-6-2)44-49(52)54-42-30-19-15-13-17-26-32-46(38-41-51-39-28-21-29-40-51)33-27-18-14-16-20-31-43-55-50(53)45-48(36-24-11-7-3)37-25-12-8-4/h46-48H,5-45H2,1-4H3. The molecule has 1 heterocycles. The molecule has 1 fully saturated rings. The molecule has 1 saturated heterocycles. The molecule has 1 aliphatic heterocycles. The Labute approximate surface area is 344 Å². The number of hydrogen-bond acceptors (Lipinski definition) is 5. The van der Waals surface area contributed by atoms with Crippen LogP contribution in [0, 0.1) is 17.8 Å². The van der Waals surface area contributed by atoms with Gasteiger partial charge in [-0.2, -0.15) is 0 Å². The minimum Gasteiger partial charge on any atom is -0.466 e. The monoisotopic (exact) mass is 776 g/mol. The summed E-state index contributed by atoms with van der Waals surface area (Å²) >= 11 is 0. The largest absolute Gasteiger partial charge is 0.466 e. The third-order valence-corrected chi connectivity index (χ3v) is 12.6. The molecule has 5 heteroatoms. The minimum absolute atomic E-state index is 0.0426. The predicted octanol–water partition coefficient (Wildman–Crippen LogP) is 15.4. The van der Waals surface area contributed by atoms with E-state index in [4.69, 9.17) is 9.47 Å². The van der Waals surface area contributed by atoms with Gasteiger partial charge in [0.1, 0.15) is 0 Å². The van der Waals surface area contributed by atoms with E-state index >= 15 is 0 Å². The van der Waals surface area contributed by atoms with E-state index in [1.807, 2.05) is 0 Å². The predicted molar refractivity (Wildman–Crippen MR) is 238 cm³/mol. The minimum atomic E-state index is 0.0426. The molecule has 0 aromatic heterocycles. The zero-order chi connectivity index (χ0) is 39.9. The molecule has 55 heavy (non-hydrogen) atoms. The molecule has 326 valence electrons. The molecule has 5 nitrogen and oxygen atoms in total. The van der Waals surface area contributed by atoms with Crippen LogP contribution in [0.25, 0.3) is 0 Å². The Bertz CT molecular complexity index is 751. The summed E-state index contributed by atoms with van der Waals surface area (Å²) in [6, 6.07) is 0. The van der Waals surface area contributed by atoms with E-state index in [1.165, 1.54) is 225 Å².